The van der Waals surface area contributed by atoms with E-state index >= 15 is 0 Å². The highest BCUT2D eigenvalue weighted by atomic mass is 15.2. The molecule has 17 heavy (non-hydrogen) atoms. The Kier molecular flexibility index (Phi) is 4.45. The third kappa shape index (κ3) is 3.23. The Morgan fingerprint density at radius 2 is 2.29 bits per heavy atom. The molecule has 1 N–H and O–H groups in total. The average molecular weight is 234 g/mol. The van der Waals surface area contributed by atoms with Crippen LogP contribution >= 0.6 is 0 Å². The summed E-state index contributed by atoms with van der Waals surface area (Å²) in [6.07, 6.45) is 4.10. The van der Waals surface area contributed by atoms with Crippen molar-refractivity contribution in [3.63, 3.8) is 0 Å². The van der Waals surface area contributed by atoms with Crippen molar-refractivity contribution in [2.45, 2.75) is 45.3 Å². The molecule has 0 aliphatic carbocycles. The average Bonchev–Trinajstić information content (AvgIpc) is 2.40. The van der Waals surface area contributed by atoms with Gasteiger partial charge in [0.05, 0.1) is 5.69 Å². The van der Waals surface area contributed by atoms with Crippen LogP contribution in [0, 0.1) is 0 Å². The van der Waals surface area contributed by atoms with Crippen LogP contribution in [0.4, 0.5) is 0 Å². The van der Waals surface area contributed by atoms with Gasteiger partial charge in [0.15, 0.2) is 0 Å². The Morgan fingerprint density at radius 3 is 2.94 bits per heavy atom. The lowest BCUT2D eigenvalue weighted by Crippen LogP contribution is -2.55. The summed E-state index contributed by atoms with van der Waals surface area (Å²) >= 11 is 0. The zero-order chi connectivity index (χ0) is 12.1. The molecule has 1 aromatic rings. The topological polar surface area (TPSA) is 41.1 Å². The van der Waals surface area contributed by atoms with Gasteiger partial charge in [0, 0.05) is 37.9 Å². The summed E-state index contributed by atoms with van der Waals surface area (Å²) in [7, 11) is 0. The third-order valence-corrected chi connectivity index (χ3v) is 3.57. The fourth-order valence-corrected chi connectivity index (χ4v) is 2.42. The molecule has 0 spiro atoms. The molecule has 0 amide bonds. The summed E-state index contributed by atoms with van der Waals surface area (Å²) in [6.45, 7) is 7.62. The number of nitrogens with zero attached hydrogens (tertiary/aromatic N) is 3. The van der Waals surface area contributed by atoms with Crippen molar-refractivity contribution in [1.82, 2.24) is 20.4 Å². The van der Waals surface area contributed by atoms with E-state index < -0.39 is 0 Å². The van der Waals surface area contributed by atoms with Crippen molar-refractivity contribution in [3.05, 3.63) is 24.0 Å². The van der Waals surface area contributed by atoms with Gasteiger partial charge in [0.25, 0.3) is 0 Å². The van der Waals surface area contributed by atoms with E-state index in [9.17, 15) is 0 Å². The first-order valence-electron chi connectivity index (χ1n) is 6.57. The van der Waals surface area contributed by atoms with Crippen LogP contribution in [0.1, 0.15) is 32.4 Å². The van der Waals surface area contributed by atoms with Gasteiger partial charge in [-0.25, -0.2) is 0 Å². The van der Waals surface area contributed by atoms with Gasteiger partial charge in [-0.2, -0.15) is 10.2 Å². The summed E-state index contributed by atoms with van der Waals surface area (Å²) in [5, 5.41) is 11.7. The second kappa shape index (κ2) is 6.07. The zero-order valence-electron chi connectivity index (χ0n) is 10.8. The maximum Gasteiger partial charge on any atom is 0.0771 e. The van der Waals surface area contributed by atoms with E-state index in [4.69, 9.17) is 0 Å². The van der Waals surface area contributed by atoms with Gasteiger partial charge in [-0.3, -0.25) is 4.90 Å². The normalized spacial score (nSPS) is 26.0. The molecular formula is C13H22N4. The van der Waals surface area contributed by atoms with Crippen molar-refractivity contribution < 1.29 is 0 Å². The van der Waals surface area contributed by atoms with Crippen molar-refractivity contribution >= 4 is 0 Å². The first-order chi connectivity index (χ1) is 8.33. The van der Waals surface area contributed by atoms with Crippen LogP contribution in [0.5, 0.6) is 0 Å². The molecule has 0 aromatic carbocycles. The van der Waals surface area contributed by atoms with Crippen molar-refractivity contribution in [2.24, 2.45) is 0 Å². The van der Waals surface area contributed by atoms with E-state index in [1.165, 1.54) is 12.8 Å². The number of rotatable bonds is 4. The van der Waals surface area contributed by atoms with Crippen molar-refractivity contribution in [2.75, 3.05) is 13.1 Å². The predicted octanol–water partition coefficient (Wildman–Crippen LogP) is 1.44. The molecule has 0 radical (unpaired) electrons. The third-order valence-electron chi connectivity index (χ3n) is 3.57. The molecule has 4 heteroatoms. The first-order valence-corrected chi connectivity index (χ1v) is 6.57. The highest BCUT2D eigenvalue weighted by Gasteiger charge is 2.25. The lowest BCUT2D eigenvalue weighted by atomic mass is 10.0. The Balaban J connectivity index is 2.00. The molecule has 1 fully saturated rings. The largest absolute Gasteiger partial charge is 0.311 e. The van der Waals surface area contributed by atoms with Crippen LogP contribution < -0.4 is 5.32 Å². The predicted molar refractivity (Wildman–Crippen MR) is 68.6 cm³/mol. The van der Waals surface area contributed by atoms with Gasteiger partial charge in [-0.1, -0.05) is 13.8 Å². The van der Waals surface area contributed by atoms with E-state index in [1.807, 2.05) is 6.07 Å². The van der Waals surface area contributed by atoms with Crippen LogP contribution in [0.15, 0.2) is 18.3 Å². The fourth-order valence-electron chi connectivity index (χ4n) is 2.42. The number of hydrogen-bond donors (Lipinski definition) is 1. The second-order valence-electron chi connectivity index (χ2n) is 4.72. The molecule has 1 aliphatic rings. The van der Waals surface area contributed by atoms with Gasteiger partial charge in [-0.05, 0) is 25.0 Å². The molecule has 2 unspecified atom stereocenters. The second-order valence-corrected chi connectivity index (χ2v) is 4.72. The van der Waals surface area contributed by atoms with E-state index in [-0.39, 0.29) is 0 Å². The summed E-state index contributed by atoms with van der Waals surface area (Å²) in [5.74, 6) is 0. The minimum absolute atomic E-state index is 0.620. The fraction of sp³-hybridized carbons (Fsp3) is 0.692. The minimum atomic E-state index is 0.620. The van der Waals surface area contributed by atoms with Crippen LogP contribution in [-0.4, -0.2) is 40.3 Å². The standard InChI is InChI=1S/C13H22N4/c1-3-11-9-17(13(4-2)8-14-11)10-12-6-5-7-15-16-12/h5-7,11,13-14H,3-4,8-10H2,1-2H3. The van der Waals surface area contributed by atoms with Gasteiger partial charge >= 0.3 is 0 Å². The Morgan fingerprint density at radius 1 is 1.41 bits per heavy atom. The molecule has 0 saturated carbocycles. The summed E-state index contributed by atoms with van der Waals surface area (Å²) in [4.78, 5) is 2.54. The molecular weight excluding hydrogens is 212 g/mol. The zero-order valence-corrected chi connectivity index (χ0v) is 10.8. The molecule has 2 rings (SSSR count). The van der Waals surface area contributed by atoms with Gasteiger partial charge in [0.2, 0.25) is 0 Å². The van der Waals surface area contributed by atoms with Crippen LogP contribution in [-0.2, 0) is 6.54 Å². The van der Waals surface area contributed by atoms with Crippen LogP contribution in [0.3, 0.4) is 0 Å². The first kappa shape index (κ1) is 12.5. The molecule has 2 atom stereocenters. The quantitative estimate of drug-likeness (QED) is 0.856. The number of hydrogen-bond acceptors (Lipinski definition) is 4. The number of piperazine rings is 1. The SMILES string of the molecule is CCC1CN(Cc2cccnn2)C(CC)CN1. The monoisotopic (exact) mass is 234 g/mol. The highest BCUT2D eigenvalue weighted by molar-refractivity contribution is 5.00. The summed E-state index contributed by atoms with van der Waals surface area (Å²) in [5.41, 5.74) is 1.07. The maximum atomic E-state index is 4.18. The van der Waals surface area contributed by atoms with Crippen LogP contribution in [0.2, 0.25) is 0 Å². The van der Waals surface area contributed by atoms with Gasteiger partial charge < -0.3 is 5.32 Å². The van der Waals surface area contributed by atoms with E-state index in [0.29, 0.717) is 12.1 Å². The molecule has 2 heterocycles. The van der Waals surface area contributed by atoms with E-state index in [0.717, 1.165) is 25.3 Å². The Labute approximate surface area is 103 Å². The van der Waals surface area contributed by atoms with Crippen molar-refractivity contribution in [1.29, 1.82) is 0 Å². The Hall–Kier alpha value is -1.00. The van der Waals surface area contributed by atoms with Gasteiger partial charge in [-0.15, -0.1) is 0 Å². The number of nitrogens with one attached hydrogen (secondary N) is 1. The summed E-state index contributed by atoms with van der Waals surface area (Å²) < 4.78 is 0. The minimum Gasteiger partial charge on any atom is -0.311 e. The highest BCUT2D eigenvalue weighted by Crippen LogP contribution is 2.14. The Bertz CT molecular complexity index is 327. The molecule has 1 saturated heterocycles. The van der Waals surface area contributed by atoms with E-state index in [1.54, 1.807) is 6.20 Å². The molecule has 0 bridgehead atoms. The lowest BCUT2D eigenvalue weighted by molar-refractivity contribution is 0.116. The lowest BCUT2D eigenvalue weighted by Gasteiger charge is -2.39. The molecule has 1 aromatic heterocycles. The molecule has 4 nitrogen and oxygen atoms in total. The molecule has 94 valence electrons. The van der Waals surface area contributed by atoms with Crippen molar-refractivity contribution in [3.8, 4) is 0 Å². The van der Waals surface area contributed by atoms with E-state index in [2.05, 4.69) is 40.3 Å². The summed E-state index contributed by atoms with van der Waals surface area (Å²) in [6, 6.07) is 5.26. The van der Waals surface area contributed by atoms with Crippen LogP contribution in [0.25, 0.3) is 0 Å². The molecule has 1 aliphatic heterocycles. The number of aromatic nitrogens is 2. The smallest absolute Gasteiger partial charge is 0.0771 e. The maximum absolute atomic E-state index is 4.18. The van der Waals surface area contributed by atoms with Gasteiger partial charge in [0.1, 0.15) is 0 Å².